The first-order valence-electron chi connectivity index (χ1n) is 7.39. The van der Waals surface area contributed by atoms with Gasteiger partial charge >= 0.3 is 12.0 Å². The van der Waals surface area contributed by atoms with E-state index >= 15 is 0 Å². The third kappa shape index (κ3) is 5.36. The molecule has 2 atom stereocenters. The van der Waals surface area contributed by atoms with Crippen molar-refractivity contribution in [2.24, 2.45) is 11.8 Å². The number of carbonyl (C=O) groups is 2. The summed E-state index contributed by atoms with van der Waals surface area (Å²) in [6.45, 7) is 6.47. The van der Waals surface area contributed by atoms with E-state index in [2.05, 4.69) is 22.6 Å². The zero-order valence-corrected chi connectivity index (χ0v) is 12.7. The average molecular weight is 285 g/mol. The van der Waals surface area contributed by atoms with Crippen molar-refractivity contribution in [1.82, 2.24) is 15.5 Å². The van der Waals surface area contributed by atoms with E-state index in [0.29, 0.717) is 18.9 Å². The van der Waals surface area contributed by atoms with Crippen LogP contribution in [-0.2, 0) is 4.79 Å². The molecule has 1 aliphatic heterocycles. The highest BCUT2D eigenvalue weighted by molar-refractivity contribution is 5.82. The molecule has 0 aromatic carbocycles. The predicted octanol–water partition coefficient (Wildman–Crippen LogP) is 1.13. The van der Waals surface area contributed by atoms with Gasteiger partial charge in [-0.15, -0.1) is 0 Å². The molecule has 20 heavy (non-hydrogen) atoms. The number of aliphatic carboxylic acids is 1. The first-order valence-corrected chi connectivity index (χ1v) is 7.39. The van der Waals surface area contributed by atoms with Crippen molar-refractivity contribution in [3.8, 4) is 0 Å². The zero-order chi connectivity index (χ0) is 15.1. The van der Waals surface area contributed by atoms with Gasteiger partial charge in [-0.2, -0.15) is 0 Å². The van der Waals surface area contributed by atoms with E-state index in [4.69, 9.17) is 5.11 Å². The molecular weight excluding hydrogens is 258 g/mol. The van der Waals surface area contributed by atoms with E-state index in [0.717, 1.165) is 25.9 Å². The first kappa shape index (κ1) is 16.8. The molecule has 0 aromatic rings. The molecule has 6 nitrogen and oxygen atoms in total. The lowest BCUT2D eigenvalue weighted by Crippen LogP contribution is -2.50. The molecule has 0 aliphatic carbocycles. The summed E-state index contributed by atoms with van der Waals surface area (Å²) < 4.78 is 0. The van der Waals surface area contributed by atoms with Crippen LogP contribution in [-0.4, -0.2) is 54.7 Å². The number of rotatable bonds is 6. The molecule has 1 rings (SSSR count). The number of nitrogens with zero attached hydrogens (tertiary/aromatic N) is 1. The summed E-state index contributed by atoms with van der Waals surface area (Å²) in [5, 5.41) is 14.5. The Hall–Kier alpha value is -1.30. The van der Waals surface area contributed by atoms with Crippen LogP contribution in [0.4, 0.5) is 4.79 Å². The molecule has 2 amide bonds. The number of urea groups is 1. The Morgan fingerprint density at radius 3 is 2.45 bits per heavy atom. The van der Waals surface area contributed by atoms with Gasteiger partial charge in [-0.25, -0.2) is 9.59 Å². The second-order valence-corrected chi connectivity index (χ2v) is 5.80. The molecule has 1 saturated heterocycles. The minimum atomic E-state index is -0.978. The quantitative estimate of drug-likeness (QED) is 0.683. The standard InChI is InChI=1S/C14H27N3O3/c1-4-10(2)12(13(18)19)16-14(20)15-9-11-5-7-17(3)8-6-11/h10-12H,4-9H2,1-3H3,(H,18,19)(H2,15,16,20)/t10?,12-/m0/s1. The fraction of sp³-hybridized carbons (Fsp3) is 0.857. The summed E-state index contributed by atoms with van der Waals surface area (Å²) in [5.74, 6) is -0.570. The van der Waals surface area contributed by atoms with Gasteiger partial charge in [0.15, 0.2) is 0 Å². The van der Waals surface area contributed by atoms with Crippen molar-refractivity contribution in [2.75, 3.05) is 26.7 Å². The van der Waals surface area contributed by atoms with Crippen molar-refractivity contribution < 1.29 is 14.7 Å². The van der Waals surface area contributed by atoms with Gasteiger partial charge in [0, 0.05) is 6.54 Å². The summed E-state index contributed by atoms with van der Waals surface area (Å²) in [7, 11) is 2.10. The lowest BCUT2D eigenvalue weighted by Gasteiger charge is -2.29. The molecule has 1 heterocycles. The van der Waals surface area contributed by atoms with Gasteiger partial charge in [-0.05, 0) is 44.8 Å². The van der Waals surface area contributed by atoms with Crippen LogP contribution in [0.1, 0.15) is 33.1 Å². The van der Waals surface area contributed by atoms with E-state index in [1.807, 2.05) is 13.8 Å². The molecule has 6 heteroatoms. The van der Waals surface area contributed by atoms with E-state index in [1.54, 1.807) is 0 Å². The number of hydrogen-bond donors (Lipinski definition) is 3. The molecular formula is C14H27N3O3. The average Bonchev–Trinajstić information content (AvgIpc) is 2.43. The molecule has 3 N–H and O–H groups in total. The van der Waals surface area contributed by atoms with Gasteiger partial charge in [-0.1, -0.05) is 20.3 Å². The molecule has 116 valence electrons. The van der Waals surface area contributed by atoms with Crippen LogP contribution in [0.2, 0.25) is 0 Å². The number of hydrogen-bond acceptors (Lipinski definition) is 3. The van der Waals surface area contributed by atoms with Crippen molar-refractivity contribution in [3.63, 3.8) is 0 Å². The SMILES string of the molecule is CCC(C)[C@H](NC(=O)NCC1CCN(C)CC1)C(=O)O. The normalized spacial score (nSPS) is 20.1. The highest BCUT2D eigenvalue weighted by Gasteiger charge is 2.25. The number of likely N-dealkylation sites (tertiary alicyclic amines) is 1. The van der Waals surface area contributed by atoms with Crippen LogP contribution < -0.4 is 10.6 Å². The van der Waals surface area contributed by atoms with Crippen LogP contribution in [0.3, 0.4) is 0 Å². The van der Waals surface area contributed by atoms with Gasteiger partial charge in [0.25, 0.3) is 0 Å². The van der Waals surface area contributed by atoms with Crippen molar-refractivity contribution in [1.29, 1.82) is 0 Å². The van der Waals surface area contributed by atoms with Gasteiger partial charge < -0.3 is 20.6 Å². The lowest BCUT2D eigenvalue weighted by atomic mass is 9.97. The fourth-order valence-electron chi connectivity index (χ4n) is 2.38. The van der Waals surface area contributed by atoms with Crippen LogP contribution in [0, 0.1) is 11.8 Å². The summed E-state index contributed by atoms with van der Waals surface area (Å²) in [6.07, 6.45) is 2.86. The minimum absolute atomic E-state index is 0.0819. The number of piperidine rings is 1. The molecule has 0 radical (unpaired) electrons. The lowest BCUT2D eigenvalue weighted by molar-refractivity contribution is -0.140. The maximum absolute atomic E-state index is 11.8. The largest absolute Gasteiger partial charge is 0.480 e. The molecule has 0 spiro atoms. The summed E-state index contributed by atoms with van der Waals surface area (Å²) >= 11 is 0. The third-order valence-corrected chi connectivity index (χ3v) is 4.16. The maximum atomic E-state index is 11.8. The molecule has 1 aliphatic rings. The zero-order valence-electron chi connectivity index (χ0n) is 12.7. The summed E-state index contributed by atoms with van der Waals surface area (Å²) in [6, 6.07) is -1.20. The van der Waals surface area contributed by atoms with Gasteiger partial charge in [0.05, 0.1) is 0 Å². The highest BCUT2D eigenvalue weighted by Crippen LogP contribution is 2.14. The predicted molar refractivity (Wildman–Crippen MR) is 77.6 cm³/mol. The summed E-state index contributed by atoms with van der Waals surface area (Å²) in [5.41, 5.74) is 0. The Kier molecular flexibility index (Phi) is 6.78. The number of amides is 2. The Morgan fingerprint density at radius 2 is 1.95 bits per heavy atom. The van der Waals surface area contributed by atoms with Gasteiger partial charge in [-0.3, -0.25) is 0 Å². The smallest absolute Gasteiger partial charge is 0.326 e. The van der Waals surface area contributed by atoms with Crippen LogP contribution in [0.15, 0.2) is 0 Å². The molecule has 0 saturated carbocycles. The number of carbonyl (C=O) groups excluding carboxylic acids is 1. The second kappa shape index (κ2) is 8.09. The van der Waals surface area contributed by atoms with E-state index < -0.39 is 12.0 Å². The van der Waals surface area contributed by atoms with Crippen LogP contribution in [0.5, 0.6) is 0 Å². The Balaban J connectivity index is 2.33. The second-order valence-electron chi connectivity index (χ2n) is 5.80. The Bertz CT molecular complexity index is 328. The monoisotopic (exact) mass is 285 g/mol. The highest BCUT2D eigenvalue weighted by atomic mass is 16.4. The Labute approximate surface area is 120 Å². The van der Waals surface area contributed by atoms with Crippen LogP contribution >= 0.6 is 0 Å². The number of carboxylic acids is 1. The minimum Gasteiger partial charge on any atom is -0.480 e. The molecule has 1 fully saturated rings. The maximum Gasteiger partial charge on any atom is 0.326 e. The van der Waals surface area contributed by atoms with E-state index in [-0.39, 0.29) is 11.9 Å². The molecule has 1 unspecified atom stereocenters. The van der Waals surface area contributed by atoms with Crippen molar-refractivity contribution in [2.45, 2.75) is 39.2 Å². The van der Waals surface area contributed by atoms with Gasteiger partial charge in [0.2, 0.25) is 0 Å². The third-order valence-electron chi connectivity index (χ3n) is 4.16. The Morgan fingerprint density at radius 1 is 1.35 bits per heavy atom. The molecule has 0 aromatic heterocycles. The molecule has 0 bridgehead atoms. The van der Waals surface area contributed by atoms with Crippen LogP contribution in [0.25, 0.3) is 0 Å². The number of carboxylic acid groups (broad SMARTS) is 1. The number of nitrogens with one attached hydrogen (secondary N) is 2. The van der Waals surface area contributed by atoms with Crippen molar-refractivity contribution >= 4 is 12.0 Å². The van der Waals surface area contributed by atoms with Gasteiger partial charge in [0.1, 0.15) is 6.04 Å². The summed E-state index contributed by atoms with van der Waals surface area (Å²) in [4.78, 5) is 25.2. The van der Waals surface area contributed by atoms with E-state index in [9.17, 15) is 9.59 Å². The van der Waals surface area contributed by atoms with E-state index in [1.165, 1.54) is 0 Å². The topological polar surface area (TPSA) is 81.7 Å². The fourth-order valence-corrected chi connectivity index (χ4v) is 2.38. The first-order chi connectivity index (χ1) is 9.43. The van der Waals surface area contributed by atoms with Crippen molar-refractivity contribution in [3.05, 3.63) is 0 Å².